The van der Waals surface area contributed by atoms with Crippen LogP contribution in [-0.4, -0.2) is 25.1 Å². The molecule has 132 valence electrons. The fourth-order valence-electron chi connectivity index (χ4n) is 2.86. The topological polar surface area (TPSA) is 64.6 Å². The number of rotatable bonds is 5. The van der Waals surface area contributed by atoms with E-state index in [9.17, 15) is 9.59 Å². The van der Waals surface area contributed by atoms with E-state index >= 15 is 0 Å². The van der Waals surface area contributed by atoms with Crippen molar-refractivity contribution in [3.8, 4) is 5.75 Å². The van der Waals surface area contributed by atoms with Gasteiger partial charge in [0, 0.05) is 15.9 Å². The summed E-state index contributed by atoms with van der Waals surface area (Å²) in [6.07, 6.45) is 3.34. The Kier molecular flexibility index (Phi) is 5.38. The van der Waals surface area contributed by atoms with E-state index in [2.05, 4.69) is 5.32 Å². The number of aryl methyl sites for hydroxylation is 1. The Morgan fingerprint density at radius 3 is 2.60 bits per heavy atom. The first-order chi connectivity index (χ1) is 12.1. The summed E-state index contributed by atoms with van der Waals surface area (Å²) in [5.41, 5.74) is 2.34. The molecule has 1 aromatic carbocycles. The summed E-state index contributed by atoms with van der Waals surface area (Å²) >= 11 is 1.61. The molecule has 1 atom stereocenters. The van der Waals surface area contributed by atoms with Crippen LogP contribution in [0.5, 0.6) is 5.75 Å². The molecule has 1 aromatic heterocycles. The molecule has 1 N–H and O–H groups in total. The lowest BCUT2D eigenvalue weighted by molar-refractivity contribution is -0.123. The molecule has 3 rings (SSSR count). The van der Waals surface area contributed by atoms with Crippen molar-refractivity contribution in [3.63, 3.8) is 0 Å². The average Bonchev–Trinajstić information content (AvgIpc) is 3.06. The average molecular weight is 359 g/mol. The summed E-state index contributed by atoms with van der Waals surface area (Å²) in [5, 5.41) is 4.59. The molecule has 1 aliphatic rings. The molecule has 6 heteroatoms. The summed E-state index contributed by atoms with van der Waals surface area (Å²) in [6.45, 7) is 1.58. The lowest BCUT2D eigenvalue weighted by Crippen LogP contribution is -2.30. The molecule has 1 amide bonds. The van der Waals surface area contributed by atoms with Crippen LogP contribution >= 0.6 is 11.3 Å². The largest absolute Gasteiger partial charge is 0.497 e. The van der Waals surface area contributed by atoms with Crippen LogP contribution in [0.3, 0.4) is 0 Å². The fourth-order valence-corrected chi connectivity index (χ4v) is 3.98. The van der Waals surface area contributed by atoms with Crippen LogP contribution in [0.4, 0.5) is 5.69 Å². The highest BCUT2D eigenvalue weighted by molar-refractivity contribution is 7.10. The molecule has 0 saturated carbocycles. The molecule has 2 aromatic rings. The third-order valence-corrected chi connectivity index (χ3v) is 5.38. The number of esters is 1. The second-order valence-electron chi connectivity index (χ2n) is 6.02. The Labute approximate surface area is 151 Å². The number of anilines is 1. The van der Waals surface area contributed by atoms with E-state index in [-0.39, 0.29) is 5.91 Å². The highest BCUT2D eigenvalue weighted by Crippen LogP contribution is 2.30. The lowest BCUT2D eigenvalue weighted by Gasteiger charge is -2.15. The van der Waals surface area contributed by atoms with E-state index in [0.29, 0.717) is 17.0 Å². The number of amides is 1. The quantitative estimate of drug-likeness (QED) is 0.824. The second kappa shape index (κ2) is 7.70. The molecule has 0 bridgehead atoms. The zero-order valence-corrected chi connectivity index (χ0v) is 15.2. The number of nitrogens with one attached hydrogen (secondary N) is 1. The van der Waals surface area contributed by atoms with Gasteiger partial charge in [-0.1, -0.05) is 0 Å². The van der Waals surface area contributed by atoms with Gasteiger partial charge in [0.25, 0.3) is 5.91 Å². The first-order valence-corrected chi connectivity index (χ1v) is 9.21. The van der Waals surface area contributed by atoms with Crippen molar-refractivity contribution in [3.05, 3.63) is 45.6 Å². The maximum absolute atomic E-state index is 12.4. The molecular weight excluding hydrogens is 338 g/mol. The molecule has 1 heterocycles. The van der Waals surface area contributed by atoms with Crippen molar-refractivity contribution >= 4 is 28.9 Å². The Hall–Kier alpha value is -2.34. The highest BCUT2D eigenvalue weighted by atomic mass is 32.1. The fraction of sp³-hybridized carbons (Fsp3) is 0.368. The van der Waals surface area contributed by atoms with E-state index in [0.717, 1.165) is 24.8 Å². The van der Waals surface area contributed by atoms with Crippen LogP contribution in [-0.2, 0) is 22.4 Å². The minimum atomic E-state index is -0.867. The van der Waals surface area contributed by atoms with Gasteiger partial charge in [-0.15, -0.1) is 11.3 Å². The number of methoxy groups -OCH3 is 1. The monoisotopic (exact) mass is 359 g/mol. The number of fused-ring (bicyclic) bond motifs is 1. The van der Waals surface area contributed by atoms with Gasteiger partial charge < -0.3 is 14.8 Å². The van der Waals surface area contributed by atoms with Gasteiger partial charge >= 0.3 is 5.97 Å². The second-order valence-corrected chi connectivity index (χ2v) is 6.99. The summed E-state index contributed by atoms with van der Waals surface area (Å²) in [7, 11) is 1.58. The number of hydrogen-bond donors (Lipinski definition) is 1. The summed E-state index contributed by atoms with van der Waals surface area (Å²) in [4.78, 5) is 25.9. The molecule has 0 unspecified atom stereocenters. The number of thiophene rings is 1. The Morgan fingerprint density at radius 2 is 1.88 bits per heavy atom. The molecule has 1 aliphatic carbocycles. The third-order valence-electron chi connectivity index (χ3n) is 4.29. The van der Waals surface area contributed by atoms with Gasteiger partial charge in [0.1, 0.15) is 5.75 Å². The minimum Gasteiger partial charge on any atom is -0.497 e. The number of carbonyl (C=O) groups excluding carboxylic acids is 2. The van der Waals surface area contributed by atoms with Crippen molar-refractivity contribution in [2.75, 3.05) is 12.4 Å². The molecule has 0 radical (unpaired) electrons. The summed E-state index contributed by atoms with van der Waals surface area (Å²) in [6, 6.07) is 6.98. The third kappa shape index (κ3) is 4.02. The van der Waals surface area contributed by atoms with Crippen molar-refractivity contribution in [2.45, 2.75) is 38.7 Å². The SMILES string of the molecule is COc1ccc(NC(=O)[C@H](C)OC(=O)c2csc3c2CCCC3)cc1. The normalized spacial score (nSPS) is 14.3. The van der Waals surface area contributed by atoms with Crippen molar-refractivity contribution < 1.29 is 19.1 Å². The van der Waals surface area contributed by atoms with Gasteiger partial charge in [0.05, 0.1) is 12.7 Å². The van der Waals surface area contributed by atoms with E-state index in [4.69, 9.17) is 9.47 Å². The number of carbonyl (C=O) groups is 2. The van der Waals surface area contributed by atoms with Gasteiger partial charge in [-0.25, -0.2) is 4.79 Å². The van der Waals surface area contributed by atoms with Crippen LogP contribution in [0.25, 0.3) is 0 Å². The van der Waals surface area contributed by atoms with Crippen LogP contribution in [0, 0.1) is 0 Å². The van der Waals surface area contributed by atoms with E-state index in [1.54, 1.807) is 49.6 Å². The van der Waals surface area contributed by atoms with Gasteiger partial charge in [0.2, 0.25) is 0 Å². The molecule has 0 saturated heterocycles. The lowest BCUT2D eigenvalue weighted by atomic mass is 9.96. The Balaban J connectivity index is 1.60. The van der Waals surface area contributed by atoms with Gasteiger partial charge in [-0.05, 0) is 62.4 Å². The highest BCUT2D eigenvalue weighted by Gasteiger charge is 2.24. The zero-order valence-electron chi connectivity index (χ0n) is 14.3. The van der Waals surface area contributed by atoms with Crippen molar-refractivity contribution in [1.29, 1.82) is 0 Å². The molecule has 5 nitrogen and oxygen atoms in total. The maximum atomic E-state index is 12.4. The number of benzene rings is 1. The van der Waals surface area contributed by atoms with Gasteiger partial charge in [0.15, 0.2) is 6.10 Å². The summed E-state index contributed by atoms with van der Waals surface area (Å²) in [5.74, 6) is -0.0703. The predicted molar refractivity (Wildman–Crippen MR) is 97.5 cm³/mol. The number of hydrogen-bond acceptors (Lipinski definition) is 5. The molecule has 25 heavy (non-hydrogen) atoms. The Morgan fingerprint density at radius 1 is 1.16 bits per heavy atom. The first-order valence-electron chi connectivity index (χ1n) is 8.33. The van der Waals surface area contributed by atoms with E-state index in [1.165, 1.54) is 11.3 Å². The van der Waals surface area contributed by atoms with E-state index < -0.39 is 12.1 Å². The molecule has 0 fully saturated rings. The van der Waals surface area contributed by atoms with Gasteiger partial charge in [-0.2, -0.15) is 0 Å². The van der Waals surface area contributed by atoms with E-state index in [1.807, 2.05) is 5.38 Å². The zero-order chi connectivity index (χ0) is 17.8. The smallest absolute Gasteiger partial charge is 0.340 e. The maximum Gasteiger partial charge on any atom is 0.340 e. The minimum absolute atomic E-state index is 0.359. The first kappa shape index (κ1) is 17.5. The van der Waals surface area contributed by atoms with Crippen molar-refractivity contribution in [1.82, 2.24) is 0 Å². The number of ether oxygens (including phenoxy) is 2. The Bertz CT molecular complexity index is 766. The summed E-state index contributed by atoms with van der Waals surface area (Å²) < 4.78 is 10.5. The molecular formula is C19H21NO4S. The van der Waals surface area contributed by atoms with Gasteiger partial charge in [-0.3, -0.25) is 4.79 Å². The van der Waals surface area contributed by atoms with Crippen LogP contribution < -0.4 is 10.1 Å². The standard InChI is InChI=1S/C19H21NO4S/c1-12(18(21)20-13-7-9-14(23-2)10-8-13)24-19(22)16-11-25-17-6-4-3-5-15(16)17/h7-12H,3-6H2,1-2H3,(H,20,21)/t12-/m0/s1. The van der Waals surface area contributed by atoms with Crippen LogP contribution in [0.15, 0.2) is 29.6 Å². The van der Waals surface area contributed by atoms with Crippen LogP contribution in [0.2, 0.25) is 0 Å². The molecule has 0 aliphatic heterocycles. The van der Waals surface area contributed by atoms with Crippen molar-refractivity contribution in [2.24, 2.45) is 0 Å². The van der Waals surface area contributed by atoms with Crippen LogP contribution in [0.1, 0.15) is 40.6 Å². The predicted octanol–water partition coefficient (Wildman–Crippen LogP) is 3.82. The molecule has 0 spiro atoms.